The van der Waals surface area contributed by atoms with Crippen molar-refractivity contribution < 1.29 is 9.84 Å². The molecule has 0 saturated heterocycles. The van der Waals surface area contributed by atoms with Crippen LogP contribution in [0, 0.1) is 0 Å². The molecule has 0 fully saturated rings. The van der Waals surface area contributed by atoms with Gasteiger partial charge >= 0.3 is 0 Å². The highest BCUT2D eigenvalue weighted by atomic mass is 35.5. The first-order valence-electron chi connectivity index (χ1n) is 4.81. The number of phenols is 1. The second-order valence-corrected chi connectivity index (χ2v) is 3.99. The summed E-state index contributed by atoms with van der Waals surface area (Å²) < 4.78 is 5.06. The molecule has 1 aliphatic rings. The van der Waals surface area contributed by atoms with E-state index in [0.29, 0.717) is 10.8 Å². The van der Waals surface area contributed by atoms with Crippen molar-refractivity contribution in [1.82, 2.24) is 0 Å². The Bertz CT molecular complexity index is 361. The first-order valence-corrected chi connectivity index (χ1v) is 5.19. The van der Waals surface area contributed by atoms with E-state index in [4.69, 9.17) is 16.3 Å². The minimum Gasteiger partial charge on any atom is -0.504 e. The maximum Gasteiger partial charge on any atom is 0.179 e. The minimum atomic E-state index is 0.231. The Morgan fingerprint density at radius 3 is 2.79 bits per heavy atom. The fourth-order valence-corrected chi connectivity index (χ4v) is 2.32. The number of halogens is 1. The van der Waals surface area contributed by atoms with Crippen LogP contribution in [-0.4, -0.2) is 12.2 Å². The van der Waals surface area contributed by atoms with Crippen molar-refractivity contribution in [1.29, 1.82) is 0 Å². The van der Waals surface area contributed by atoms with Gasteiger partial charge in [0.2, 0.25) is 0 Å². The molecule has 76 valence electrons. The van der Waals surface area contributed by atoms with Crippen LogP contribution in [0.2, 0.25) is 5.02 Å². The smallest absolute Gasteiger partial charge is 0.179 e. The Labute approximate surface area is 88.5 Å². The number of rotatable bonds is 1. The molecule has 1 aliphatic carbocycles. The predicted octanol–water partition coefficient (Wildman–Crippen LogP) is 2.93. The molecule has 0 spiro atoms. The topological polar surface area (TPSA) is 29.5 Å². The van der Waals surface area contributed by atoms with E-state index in [2.05, 4.69) is 0 Å². The number of hydrogen-bond acceptors (Lipinski definition) is 2. The number of aryl methyl sites for hydroxylation is 1. The molecule has 14 heavy (non-hydrogen) atoms. The van der Waals surface area contributed by atoms with Gasteiger partial charge in [0.15, 0.2) is 11.5 Å². The van der Waals surface area contributed by atoms with Crippen molar-refractivity contribution in [2.75, 3.05) is 7.11 Å². The average Bonchev–Trinajstić information content (AvgIpc) is 2.18. The van der Waals surface area contributed by atoms with E-state index in [-0.39, 0.29) is 5.75 Å². The number of aromatic hydroxyl groups is 1. The van der Waals surface area contributed by atoms with E-state index in [1.807, 2.05) is 6.07 Å². The van der Waals surface area contributed by atoms with Gasteiger partial charge in [-0.25, -0.2) is 0 Å². The summed E-state index contributed by atoms with van der Waals surface area (Å²) in [5.41, 5.74) is 2.18. The molecule has 0 unspecified atom stereocenters. The van der Waals surface area contributed by atoms with Gasteiger partial charge in [0.05, 0.1) is 12.1 Å². The number of ether oxygens (including phenoxy) is 1. The molecule has 0 aromatic heterocycles. The van der Waals surface area contributed by atoms with Crippen LogP contribution in [0.3, 0.4) is 0 Å². The Balaban J connectivity index is 2.57. The number of methoxy groups -OCH3 is 1. The monoisotopic (exact) mass is 212 g/mol. The lowest BCUT2D eigenvalue weighted by molar-refractivity contribution is 0.369. The summed E-state index contributed by atoms with van der Waals surface area (Å²) in [6, 6.07) is 1.91. The Morgan fingerprint density at radius 2 is 2.07 bits per heavy atom. The zero-order valence-electron chi connectivity index (χ0n) is 8.14. The van der Waals surface area contributed by atoms with Crippen molar-refractivity contribution >= 4 is 11.6 Å². The molecule has 0 aliphatic heterocycles. The molecule has 0 bridgehead atoms. The van der Waals surface area contributed by atoms with Crippen LogP contribution in [0.4, 0.5) is 0 Å². The van der Waals surface area contributed by atoms with Crippen molar-refractivity contribution in [3.8, 4) is 11.5 Å². The van der Waals surface area contributed by atoms with Crippen LogP contribution in [0.5, 0.6) is 11.5 Å². The number of phenolic OH excluding ortho intramolecular Hbond substituents is 1. The molecule has 1 aromatic rings. The first kappa shape index (κ1) is 9.66. The van der Waals surface area contributed by atoms with Gasteiger partial charge in [-0.3, -0.25) is 0 Å². The van der Waals surface area contributed by atoms with Crippen molar-refractivity contribution in [3.05, 3.63) is 22.2 Å². The van der Waals surface area contributed by atoms with Gasteiger partial charge in [-0.2, -0.15) is 0 Å². The SMILES string of the molecule is COc1c(Cl)cc2c(c1O)CCCC2. The highest BCUT2D eigenvalue weighted by Gasteiger charge is 2.19. The molecule has 0 atom stereocenters. The average molecular weight is 213 g/mol. The summed E-state index contributed by atoms with van der Waals surface area (Å²) in [6.45, 7) is 0. The third kappa shape index (κ3) is 1.44. The van der Waals surface area contributed by atoms with Gasteiger partial charge in [0.25, 0.3) is 0 Å². The van der Waals surface area contributed by atoms with Crippen LogP contribution in [0.25, 0.3) is 0 Å². The van der Waals surface area contributed by atoms with Crippen molar-refractivity contribution in [2.24, 2.45) is 0 Å². The molecule has 3 heteroatoms. The summed E-state index contributed by atoms with van der Waals surface area (Å²) in [6.07, 6.45) is 4.24. The summed E-state index contributed by atoms with van der Waals surface area (Å²) >= 11 is 5.98. The number of fused-ring (bicyclic) bond motifs is 1. The Kier molecular flexibility index (Phi) is 2.55. The molecular formula is C11H13ClO2. The lowest BCUT2D eigenvalue weighted by Crippen LogP contribution is -2.04. The van der Waals surface area contributed by atoms with Crippen LogP contribution in [-0.2, 0) is 12.8 Å². The van der Waals surface area contributed by atoms with Crippen LogP contribution in [0.1, 0.15) is 24.0 Å². The van der Waals surface area contributed by atoms with E-state index >= 15 is 0 Å². The molecule has 0 saturated carbocycles. The zero-order chi connectivity index (χ0) is 10.1. The lowest BCUT2D eigenvalue weighted by atomic mass is 9.91. The van der Waals surface area contributed by atoms with Gasteiger partial charge in [-0.1, -0.05) is 11.6 Å². The standard InChI is InChI=1S/C11H13ClO2/c1-14-11-9(12)6-7-4-2-3-5-8(7)10(11)13/h6,13H,2-5H2,1H3. The molecule has 1 aromatic carbocycles. The van der Waals surface area contributed by atoms with Crippen molar-refractivity contribution in [3.63, 3.8) is 0 Å². The molecule has 0 heterocycles. The number of benzene rings is 1. The first-order chi connectivity index (χ1) is 6.74. The van der Waals surface area contributed by atoms with Gasteiger partial charge < -0.3 is 9.84 Å². The third-order valence-electron chi connectivity index (χ3n) is 2.73. The fraction of sp³-hybridized carbons (Fsp3) is 0.455. The maximum atomic E-state index is 9.91. The van der Waals surface area contributed by atoms with E-state index in [1.54, 1.807) is 0 Å². The summed E-state index contributed by atoms with van der Waals surface area (Å²) in [5.74, 6) is 0.641. The minimum absolute atomic E-state index is 0.231. The van der Waals surface area contributed by atoms with Gasteiger partial charge in [-0.15, -0.1) is 0 Å². The zero-order valence-corrected chi connectivity index (χ0v) is 8.90. The quantitative estimate of drug-likeness (QED) is 0.776. The lowest BCUT2D eigenvalue weighted by Gasteiger charge is -2.19. The second kappa shape index (κ2) is 3.70. The number of hydrogen-bond donors (Lipinski definition) is 1. The fourth-order valence-electron chi connectivity index (χ4n) is 2.02. The van der Waals surface area contributed by atoms with E-state index in [1.165, 1.54) is 19.1 Å². The predicted molar refractivity (Wildman–Crippen MR) is 56.3 cm³/mol. The second-order valence-electron chi connectivity index (χ2n) is 3.59. The van der Waals surface area contributed by atoms with Gasteiger partial charge in [0.1, 0.15) is 0 Å². The van der Waals surface area contributed by atoms with Crippen LogP contribution < -0.4 is 4.74 Å². The van der Waals surface area contributed by atoms with Crippen molar-refractivity contribution in [2.45, 2.75) is 25.7 Å². The highest BCUT2D eigenvalue weighted by Crippen LogP contribution is 2.41. The summed E-state index contributed by atoms with van der Waals surface area (Å²) in [5, 5.41) is 10.4. The largest absolute Gasteiger partial charge is 0.504 e. The maximum absolute atomic E-state index is 9.91. The summed E-state index contributed by atoms with van der Waals surface area (Å²) in [7, 11) is 1.52. The Morgan fingerprint density at radius 1 is 1.36 bits per heavy atom. The van der Waals surface area contributed by atoms with E-state index < -0.39 is 0 Å². The van der Waals surface area contributed by atoms with Crippen LogP contribution >= 0.6 is 11.6 Å². The van der Waals surface area contributed by atoms with Crippen LogP contribution in [0.15, 0.2) is 6.07 Å². The molecule has 0 radical (unpaired) electrons. The molecule has 2 nitrogen and oxygen atoms in total. The van der Waals surface area contributed by atoms with E-state index in [9.17, 15) is 5.11 Å². The normalized spacial score (nSPS) is 15.0. The molecule has 0 amide bonds. The third-order valence-corrected chi connectivity index (χ3v) is 3.01. The molecule has 1 N–H and O–H groups in total. The Hall–Kier alpha value is -0.890. The van der Waals surface area contributed by atoms with Gasteiger partial charge in [-0.05, 0) is 37.3 Å². The van der Waals surface area contributed by atoms with Gasteiger partial charge in [0, 0.05) is 5.56 Å². The molecule has 2 rings (SSSR count). The van der Waals surface area contributed by atoms with E-state index in [0.717, 1.165) is 24.8 Å². The summed E-state index contributed by atoms with van der Waals surface area (Å²) in [4.78, 5) is 0. The molecular weight excluding hydrogens is 200 g/mol. The highest BCUT2D eigenvalue weighted by molar-refractivity contribution is 6.32.